The number of nitrogens with one attached hydrogen (secondary N) is 1. The number of rotatable bonds is 6. The van der Waals surface area contributed by atoms with Crippen LogP contribution >= 0.6 is 23.7 Å². The predicted molar refractivity (Wildman–Crippen MR) is 86.9 cm³/mol. The smallest absolute Gasteiger partial charge is 0.239 e. The molecule has 2 atom stereocenters. The van der Waals surface area contributed by atoms with E-state index in [2.05, 4.69) is 10.3 Å². The van der Waals surface area contributed by atoms with Crippen molar-refractivity contribution in [3.05, 3.63) is 16.1 Å². The molecule has 1 fully saturated rings. The number of likely N-dealkylation sites (N-methyl/N-ethyl adjacent to an activating group) is 1. The second kappa shape index (κ2) is 8.68. The van der Waals surface area contributed by atoms with Crippen LogP contribution in [0.3, 0.4) is 0 Å². The van der Waals surface area contributed by atoms with Crippen LogP contribution in [0.15, 0.2) is 5.38 Å². The Morgan fingerprint density at radius 1 is 1.67 bits per heavy atom. The van der Waals surface area contributed by atoms with Gasteiger partial charge in [0.05, 0.1) is 18.3 Å². The third-order valence-electron chi connectivity index (χ3n) is 3.47. The monoisotopic (exact) mass is 333 g/mol. The maximum atomic E-state index is 12.2. The van der Waals surface area contributed by atoms with Crippen LogP contribution in [0.1, 0.15) is 43.5 Å². The second-order valence-corrected chi connectivity index (χ2v) is 6.01. The van der Waals surface area contributed by atoms with Gasteiger partial charge in [0.25, 0.3) is 0 Å². The molecule has 0 saturated carbocycles. The molecule has 1 aromatic rings. The minimum Gasteiger partial charge on any atom is -0.372 e. The summed E-state index contributed by atoms with van der Waals surface area (Å²) < 4.78 is 5.53. The summed E-state index contributed by atoms with van der Waals surface area (Å²) >= 11 is 1.59. The quantitative estimate of drug-likeness (QED) is 0.868. The number of amides is 1. The van der Waals surface area contributed by atoms with Crippen molar-refractivity contribution in [2.45, 2.75) is 45.4 Å². The summed E-state index contributed by atoms with van der Waals surface area (Å²) in [6.45, 7) is 6.17. The van der Waals surface area contributed by atoms with Gasteiger partial charge in [-0.25, -0.2) is 4.98 Å². The van der Waals surface area contributed by atoms with E-state index < -0.39 is 0 Å². The first-order chi connectivity index (χ1) is 9.61. The van der Waals surface area contributed by atoms with Crippen molar-refractivity contribution in [3.63, 3.8) is 0 Å². The lowest BCUT2D eigenvalue weighted by Gasteiger charge is -2.20. The van der Waals surface area contributed by atoms with Crippen molar-refractivity contribution in [1.29, 1.82) is 0 Å². The van der Waals surface area contributed by atoms with Crippen LogP contribution in [0.5, 0.6) is 0 Å². The summed E-state index contributed by atoms with van der Waals surface area (Å²) in [5.74, 6) is 0.162. The van der Waals surface area contributed by atoms with E-state index in [0.717, 1.165) is 30.1 Å². The summed E-state index contributed by atoms with van der Waals surface area (Å²) in [6, 6.07) is -0.0135. The minimum absolute atomic E-state index is 0. The number of hydrogen-bond acceptors (Lipinski definition) is 5. The van der Waals surface area contributed by atoms with Crippen LogP contribution in [0.4, 0.5) is 0 Å². The van der Waals surface area contributed by atoms with Crippen molar-refractivity contribution in [2.75, 3.05) is 20.2 Å². The summed E-state index contributed by atoms with van der Waals surface area (Å²) in [5.41, 5.74) is 0.936. The van der Waals surface area contributed by atoms with Gasteiger partial charge in [0.2, 0.25) is 5.91 Å². The zero-order valence-corrected chi connectivity index (χ0v) is 14.4. The first kappa shape index (κ1) is 18.4. The van der Waals surface area contributed by atoms with Crippen LogP contribution < -0.4 is 5.32 Å². The van der Waals surface area contributed by atoms with Gasteiger partial charge in [0, 0.05) is 19.0 Å². The molecule has 1 aromatic heterocycles. The lowest BCUT2D eigenvalue weighted by molar-refractivity contribution is -0.132. The van der Waals surface area contributed by atoms with Gasteiger partial charge < -0.3 is 15.0 Å². The number of carbonyl (C=O) groups excluding carboxylic acids is 1. The number of thiazole rings is 1. The SMILES string of the molecule is CCOC(C)c1nc(CN(C)C(=O)C2CCCN2)cs1.Cl. The molecule has 0 aromatic carbocycles. The van der Waals surface area contributed by atoms with Crippen LogP contribution in [-0.4, -0.2) is 42.0 Å². The van der Waals surface area contributed by atoms with Crippen molar-refractivity contribution < 1.29 is 9.53 Å². The van der Waals surface area contributed by atoms with Gasteiger partial charge in [-0.05, 0) is 33.2 Å². The maximum Gasteiger partial charge on any atom is 0.239 e. The molecule has 0 radical (unpaired) electrons. The van der Waals surface area contributed by atoms with Gasteiger partial charge >= 0.3 is 0 Å². The first-order valence-electron chi connectivity index (χ1n) is 7.16. The number of carbonyl (C=O) groups is 1. The number of ether oxygens (including phenoxy) is 1. The normalized spacial score (nSPS) is 19.1. The van der Waals surface area contributed by atoms with E-state index in [9.17, 15) is 4.79 Å². The van der Waals surface area contributed by atoms with E-state index in [-0.39, 0.29) is 30.5 Å². The molecule has 1 amide bonds. The molecule has 2 heterocycles. The number of hydrogen-bond donors (Lipinski definition) is 1. The lowest BCUT2D eigenvalue weighted by Crippen LogP contribution is -2.41. The molecule has 1 aliphatic rings. The molecule has 7 heteroatoms. The Bertz CT molecular complexity index is 449. The van der Waals surface area contributed by atoms with E-state index >= 15 is 0 Å². The number of aromatic nitrogens is 1. The van der Waals surface area contributed by atoms with Crippen molar-refractivity contribution >= 4 is 29.7 Å². The molecule has 1 aliphatic heterocycles. The van der Waals surface area contributed by atoms with E-state index in [1.165, 1.54) is 0 Å². The highest BCUT2D eigenvalue weighted by molar-refractivity contribution is 7.09. The second-order valence-electron chi connectivity index (χ2n) is 5.12. The highest BCUT2D eigenvalue weighted by Crippen LogP contribution is 2.21. The fraction of sp³-hybridized carbons (Fsp3) is 0.714. The zero-order valence-electron chi connectivity index (χ0n) is 12.8. The molecular weight excluding hydrogens is 310 g/mol. The average molecular weight is 334 g/mol. The Morgan fingerprint density at radius 3 is 3.05 bits per heavy atom. The molecule has 120 valence electrons. The van der Waals surface area contributed by atoms with Crippen molar-refractivity contribution in [3.8, 4) is 0 Å². The Kier molecular flexibility index (Phi) is 7.59. The molecule has 2 unspecified atom stereocenters. The van der Waals surface area contributed by atoms with Gasteiger partial charge in [0.1, 0.15) is 11.1 Å². The predicted octanol–water partition coefficient (Wildman–Crippen LogP) is 2.37. The van der Waals surface area contributed by atoms with Gasteiger partial charge in [-0.3, -0.25) is 4.79 Å². The minimum atomic E-state index is -0.0135. The van der Waals surface area contributed by atoms with E-state index in [1.54, 1.807) is 16.2 Å². The molecule has 0 bridgehead atoms. The summed E-state index contributed by atoms with van der Waals surface area (Å²) in [5, 5.41) is 6.22. The van der Waals surface area contributed by atoms with Crippen LogP contribution in [0, 0.1) is 0 Å². The first-order valence-corrected chi connectivity index (χ1v) is 8.04. The van der Waals surface area contributed by atoms with Crippen LogP contribution in [0.2, 0.25) is 0 Å². The highest BCUT2D eigenvalue weighted by atomic mass is 35.5. The summed E-state index contributed by atoms with van der Waals surface area (Å²) in [6.07, 6.45) is 2.04. The Balaban J connectivity index is 0.00000220. The lowest BCUT2D eigenvalue weighted by atomic mass is 10.2. The Morgan fingerprint density at radius 2 is 2.43 bits per heavy atom. The standard InChI is InChI=1S/C14H23N3O2S.ClH/c1-4-19-10(2)13-16-11(9-20-13)8-17(3)14(18)12-6-5-7-15-12;/h9-10,12,15H,4-8H2,1-3H3;1H. The third-order valence-corrected chi connectivity index (χ3v) is 4.52. The molecular formula is C14H24ClN3O2S. The number of nitrogens with zero attached hydrogens (tertiary/aromatic N) is 2. The zero-order chi connectivity index (χ0) is 14.5. The molecule has 2 rings (SSSR count). The Hall–Kier alpha value is -0.690. The topological polar surface area (TPSA) is 54.5 Å². The van der Waals surface area contributed by atoms with Crippen LogP contribution in [0.25, 0.3) is 0 Å². The summed E-state index contributed by atoms with van der Waals surface area (Å²) in [7, 11) is 1.84. The molecule has 5 nitrogen and oxygen atoms in total. The van der Waals surface area contributed by atoms with Gasteiger partial charge in [-0.2, -0.15) is 0 Å². The average Bonchev–Trinajstić information content (AvgIpc) is 3.09. The Labute approximate surface area is 136 Å². The van der Waals surface area contributed by atoms with Gasteiger partial charge in [-0.1, -0.05) is 0 Å². The molecule has 21 heavy (non-hydrogen) atoms. The highest BCUT2D eigenvalue weighted by Gasteiger charge is 2.25. The molecule has 0 aliphatic carbocycles. The maximum absolute atomic E-state index is 12.2. The summed E-state index contributed by atoms with van der Waals surface area (Å²) in [4.78, 5) is 18.5. The fourth-order valence-electron chi connectivity index (χ4n) is 2.39. The molecule has 1 N–H and O–H groups in total. The fourth-order valence-corrected chi connectivity index (χ4v) is 3.20. The molecule has 0 spiro atoms. The van der Waals surface area contributed by atoms with E-state index in [4.69, 9.17) is 4.74 Å². The van der Waals surface area contributed by atoms with E-state index in [1.807, 2.05) is 26.3 Å². The molecule has 1 saturated heterocycles. The largest absolute Gasteiger partial charge is 0.372 e. The third kappa shape index (κ3) is 4.92. The van der Waals surface area contributed by atoms with Gasteiger partial charge in [-0.15, -0.1) is 23.7 Å². The van der Waals surface area contributed by atoms with Crippen molar-refractivity contribution in [2.24, 2.45) is 0 Å². The van der Waals surface area contributed by atoms with Crippen molar-refractivity contribution in [1.82, 2.24) is 15.2 Å². The van der Waals surface area contributed by atoms with Gasteiger partial charge in [0.15, 0.2) is 0 Å². The van der Waals surface area contributed by atoms with E-state index in [0.29, 0.717) is 13.2 Å². The number of halogens is 1. The van der Waals surface area contributed by atoms with Crippen LogP contribution in [-0.2, 0) is 16.1 Å².